The Morgan fingerprint density at radius 3 is 2.21 bits per heavy atom. The fourth-order valence-electron chi connectivity index (χ4n) is 3.19. The lowest BCUT2D eigenvalue weighted by molar-refractivity contribution is -0.131. The number of hydrogen-bond donors (Lipinski definition) is 2. The first-order valence-corrected chi connectivity index (χ1v) is 10.9. The average molecular weight is 459 g/mol. The molecule has 0 aliphatic carbocycles. The zero-order valence-electron chi connectivity index (χ0n) is 19.1. The number of nitrogens with one attached hydrogen (secondary N) is 2. The Morgan fingerprint density at radius 2 is 1.53 bits per heavy atom. The molecular weight excluding hydrogens is 432 g/mol. The van der Waals surface area contributed by atoms with Crippen LogP contribution in [0.3, 0.4) is 0 Å². The van der Waals surface area contributed by atoms with Gasteiger partial charge in [0, 0.05) is 43.1 Å². The molecule has 7 heteroatoms. The van der Waals surface area contributed by atoms with Crippen molar-refractivity contribution in [3.8, 4) is 5.75 Å². The van der Waals surface area contributed by atoms with E-state index in [1.807, 2.05) is 19.1 Å². The number of esters is 1. The minimum atomic E-state index is -0.456. The van der Waals surface area contributed by atoms with E-state index in [4.69, 9.17) is 4.74 Å². The molecule has 2 N–H and O–H groups in total. The molecule has 0 radical (unpaired) electrons. The van der Waals surface area contributed by atoms with Crippen molar-refractivity contribution < 1.29 is 23.9 Å². The van der Waals surface area contributed by atoms with Gasteiger partial charge in [0.2, 0.25) is 5.91 Å². The number of ether oxygens (including phenoxy) is 1. The van der Waals surface area contributed by atoms with Gasteiger partial charge in [-0.2, -0.15) is 0 Å². The first-order chi connectivity index (χ1) is 16.3. The van der Waals surface area contributed by atoms with E-state index in [9.17, 15) is 19.2 Å². The molecule has 3 aromatic rings. The van der Waals surface area contributed by atoms with E-state index in [1.54, 1.807) is 54.6 Å². The molecule has 3 rings (SSSR count). The van der Waals surface area contributed by atoms with Gasteiger partial charge >= 0.3 is 5.97 Å². The van der Waals surface area contributed by atoms with Crippen LogP contribution in [-0.4, -0.2) is 23.6 Å². The van der Waals surface area contributed by atoms with Gasteiger partial charge in [0.25, 0.3) is 5.91 Å². The molecule has 2 amide bonds. The maximum absolute atomic E-state index is 12.4. The van der Waals surface area contributed by atoms with Gasteiger partial charge in [0.05, 0.1) is 0 Å². The van der Waals surface area contributed by atoms with Crippen LogP contribution in [0.15, 0.2) is 72.8 Å². The van der Waals surface area contributed by atoms with Crippen LogP contribution in [0.4, 0.5) is 5.69 Å². The molecule has 0 heterocycles. The summed E-state index contributed by atoms with van der Waals surface area (Å²) in [5, 5.41) is 5.58. The van der Waals surface area contributed by atoms with Crippen LogP contribution in [0.2, 0.25) is 0 Å². The molecule has 0 saturated carbocycles. The predicted molar refractivity (Wildman–Crippen MR) is 129 cm³/mol. The number of hydrogen-bond acceptors (Lipinski definition) is 5. The lowest BCUT2D eigenvalue weighted by Crippen LogP contribution is -2.22. The molecule has 34 heavy (non-hydrogen) atoms. The molecule has 0 aromatic heterocycles. The third kappa shape index (κ3) is 7.41. The number of anilines is 1. The Labute approximate surface area is 198 Å². The lowest BCUT2D eigenvalue weighted by Gasteiger charge is -2.09. The van der Waals surface area contributed by atoms with Crippen molar-refractivity contribution in [1.29, 1.82) is 0 Å². The van der Waals surface area contributed by atoms with Crippen LogP contribution in [0.5, 0.6) is 5.75 Å². The first kappa shape index (κ1) is 24.4. The van der Waals surface area contributed by atoms with Crippen LogP contribution in [0.25, 0.3) is 0 Å². The standard InChI is InChI=1S/C27H26N2O5/c1-18-6-10-21(11-7-18)25(31)14-15-26(32)29-23-12-8-20(9-13-23)17-28-27(33)22-4-3-5-24(16-22)34-19(2)30/h3-13,16H,14-15,17H2,1-2H3,(H,28,33)(H,29,32). The maximum Gasteiger partial charge on any atom is 0.308 e. The van der Waals surface area contributed by atoms with Crippen molar-refractivity contribution >= 4 is 29.3 Å². The second-order valence-corrected chi connectivity index (χ2v) is 7.84. The molecule has 0 aliphatic heterocycles. The third-order valence-electron chi connectivity index (χ3n) is 5.00. The second kappa shape index (κ2) is 11.6. The highest BCUT2D eigenvalue weighted by atomic mass is 16.5. The SMILES string of the molecule is CC(=O)Oc1cccc(C(=O)NCc2ccc(NC(=O)CCC(=O)c3ccc(C)cc3)cc2)c1. The summed E-state index contributed by atoms with van der Waals surface area (Å²) in [6.45, 7) is 3.53. The summed E-state index contributed by atoms with van der Waals surface area (Å²) in [6, 6.07) is 20.7. The van der Waals surface area contributed by atoms with E-state index in [2.05, 4.69) is 10.6 Å². The number of aryl methyl sites for hydroxylation is 1. The third-order valence-corrected chi connectivity index (χ3v) is 5.00. The highest BCUT2D eigenvalue weighted by Gasteiger charge is 2.10. The molecule has 0 spiro atoms. The molecule has 0 unspecified atom stereocenters. The quantitative estimate of drug-likeness (QED) is 0.280. The summed E-state index contributed by atoms with van der Waals surface area (Å²) in [5.41, 5.74) is 3.51. The smallest absolute Gasteiger partial charge is 0.308 e. The molecule has 0 fully saturated rings. The summed E-state index contributed by atoms with van der Waals surface area (Å²) in [4.78, 5) is 47.9. The fraction of sp³-hybridized carbons (Fsp3) is 0.185. The fourth-order valence-corrected chi connectivity index (χ4v) is 3.19. The van der Waals surface area contributed by atoms with E-state index in [0.717, 1.165) is 11.1 Å². The summed E-state index contributed by atoms with van der Waals surface area (Å²) in [5.74, 6) is -0.762. The predicted octanol–water partition coefficient (Wildman–Crippen LogP) is 4.45. The van der Waals surface area contributed by atoms with Crippen LogP contribution >= 0.6 is 0 Å². The number of carbonyl (C=O) groups is 4. The molecule has 0 aliphatic rings. The average Bonchev–Trinajstić information content (AvgIpc) is 2.82. The van der Waals surface area contributed by atoms with E-state index in [-0.39, 0.29) is 37.0 Å². The van der Waals surface area contributed by atoms with Gasteiger partial charge in [-0.15, -0.1) is 0 Å². The van der Waals surface area contributed by atoms with Gasteiger partial charge < -0.3 is 15.4 Å². The zero-order chi connectivity index (χ0) is 24.5. The number of Topliss-reactive ketones (excluding diaryl/α,β-unsaturated/α-hetero) is 1. The van der Waals surface area contributed by atoms with Crippen molar-refractivity contribution in [3.63, 3.8) is 0 Å². The van der Waals surface area contributed by atoms with E-state index < -0.39 is 5.97 Å². The molecule has 7 nitrogen and oxygen atoms in total. The normalized spacial score (nSPS) is 10.3. The largest absolute Gasteiger partial charge is 0.427 e. The number of carbonyl (C=O) groups excluding carboxylic acids is 4. The Hall–Kier alpha value is -4.26. The molecule has 0 atom stereocenters. The topological polar surface area (TPSA) is 102 Å². The molecule has 0 bridgehead atoms. The number of amides is 2. The minimum absolute atomic E-state index is 0.0698. The van der Waals surface area contributed by atoms with Gasteiger partial charge in [0.1, 0.15) is 5.75 Å². The second-order valence-electron chi connectivity index (χ2n) is 7.84. The number of benzene rings is 3. The van der Waals surface area contributed by atoms with Crippen molar-refractivity contribution in [1.82, 2.24) is 5.32 Å². The van der Waals surface area contributed by atoms with Crippen molar-refractivity contribution in [2.75, 3.05) is 5.32 Å². The molecule has 3 aromatic carbocycles. The van der Waals surface area contributed by atoms with Crippen molar-refractivity contribution in [3.05, 3.63) is 95.1 Å². The van der Waals surface area contributed by atoms with E-state index in [1.165, 1.54) is 13.0 Å². The summed E-state index contributed by atoms with van der Waals surface area (Å²) >= 11 is 0. The van der Waals surface area contributed by atoms with Crippen LogP contribution < -0.4 is 15.4 Å². The van der Waals surface area contributed by atoms with Crippen molar-refractivity contribution in [2.24, 2.45) is 0 Å². The van der Waals surface area contributed by atoms with Crippen LogP contribution in [-0.2, 0) is 16.1 Å². The van der Waals surface area contributed by atoms with Crippen LogP contribution in [0, 0.1) is 6.92 Å². The number of rotatable bonds is 9. The lowest BCUT2D eigenvalue weighted by atomic mass is 10.0. The Morgan fingerprint density at radius 1 is 0.824 bits per heavy atom. The van der Waals surface area contributed by atoms with Gasteiger partial charge in [-0.05, 0) is 42.8 Å². The monoisotopic (exact) mass is 458 g/mol. The van der Waals surface area contributed by atoms with E-state index in [0.29, 0.717) is 22.6 Å². The minimum Gasteiger partial charge on any atom is -0.427 e. The Balaban J connectivity index is 1.46. The van der Waals surface area contributed by atoms with Gasteiger partial charge in [-0.1, -0.05) is 48.0 Å². The van der Waals surface area contributed by atoms with Gasteiger partial charge in [0.15, 0.2) is 5.78 Å². The Kier molecular flexibility index (Phi) is 8.29. The van der Waals surface area contributed by atoms with E-state index >= 15 is 0 Å². The molecule has 0 saturated heterocycles. The van der Waals surface area contributed by atoms with Crippen LogP contribution in [0.1, 0.15) is 51.6 Å². The summed E-state index contributed by atoms with van der Waals surface area (Å²) in [6.07, 6.45) is 0.231. The molecule has 174 valence electrons. The number of ketones is 1. The Bertz CT molecular complexity index is 1180. The zero-order valence-corrected chi connectivity index (χ0v) is 19.1. The highest BCUT2D eigenvalue weighted by molar-refractivity contribution is 6.00. The van der Waals surface area contributed by atoms with Crippen molar-refractivity contribution in [2.45, 2.75) is 33.2 Å². The summed E-state index contributed by atoms with van der Waals surface area (Å²) < 4.78 is 5.00. The maximum atomic E-state index is 12.4. The van der Waals surface area contributed by atoms with Gasteiger partial charge in [-0.3, -0.25) is 19.2 Å². The van der Waals surface area contributed by atoms with Gasteiger partial charge in [-0.25, -0.2) is 0 Å². The highest BCUT2D eigenvalue weighted by Crippen LogP contribution is 2.15. The molecular formula is C27H26N2O5. The summed E-state index contributed by atoms with van der Waals surface area (Å²) in [7, 11) is 0. The first-order valence-electron chi connectivity index (χ1n) is 10.9.